The first kappa shape index (κ1) is 13.8. The van der Waals surface area contributed by atoms with Gasteiger partial charge in [-0.3, -0.25) is 0 Å². The maximum Gasteiger partial charge on any atom is 0.130 e. The van der Waals surface area contributed by atoms with Crippen LogP contribution in [0.2, 0.25) is 0 Å². The number of rotatable bonds is 2. The highest BCUT2D eigenvalue weighted by molar-refractivity contribution is 5.93. The molecule has 0 aromatic heterocycles. The van der Waals surface area contributed by atoms with Crippen LogP contribution in [-0.4, -0.2) is 36.7 Å². The van der Waals surface area contributed by atoms with Crippen molar-refractivity contribution in [2.45, 2.75) is 18.4 Å². The van der Waals surface area contributed by atoms with Gasteiger partial charge in [0.15, 0.2) is 0 Å². The molecule has 22 heavy (non-hydrogen) atoms. The summed E-state index contributed by atoms with van der Waals surface area (Å²) < 4.78 is 6.45. The van der Waals surface area contributed by atoms with E-state index in [2.05, 4.69) is 53.5 Å². The number of fused-ring (bicyclic) bond motifs is 3. The maximum atomic E-state index is 6.45. The predicted molar refractivity (Wildman–Crippen MR) is 91.1 cm³/mol. The molecule has 1 spiro atoms. The number of hydrogen-bond acceptors (Lipinski definition) is 3. The topological polar surface area (TPSA) is 38.5 Å². The molecule has 2 heterocycles. The minimum atomic E-state index is -0.124. The highest BCUT2D eigenvalue weighted by atomic mass is 16.5. The Labute approximate surface area is 131 Å². The Morgan fingerprint density at radius 2 is 1.91 bits per heavy atom. The zero-order valence-corrected chi connectivity index (χ0v) is 12.8. The third-order valence-corrected chi connectivity index (χ3v) is 4.95. The standard InChI is InChI=1S/C19H22N2O/c20-11-14-21-12-9-19(10-13-21)8-7-17-16-4-2-1-3-15(16)5-6-18(17)22-19/h1-8H,9-14,20H2. The molecule has 0 unspecified atom stereocenters. The summed E-state index contributed by atoms with van der Waals surface area (Å²) in [6.07, 6.45) is 6.62. The number of benzene rings is 2. The van der Waals surface area contributed by atoms with E-state index in [1.807, 2.05) is 0 Å². The summed E-state index contributed by atoms with van der Waals surface area (Å²) in [5, 5.41) is 2.54. The van der Waals surface area contributed by atoms with E-state index in [4.69, 9.17) is 10.5 Å². The molecule has 3 heteroatoms. The highest BCUT2D eigenvalue weighted by Gasteiger charge is 2.36. The number of nitrogens with two attached hydrogens (primary N) is 1. The molecule has 0 aliphatic carbocycles. The lowest BCUT2D eigenvalue weighted by atomic mass is 9.87. The van der Waals surface area contributed by atoms with Gasteiger partial charge in [0.1, 0.15) is 11.4 Å². The van der Waals surface area contributed by atoms with Crippen molar-refractivity contribution in [3.05, 3.63) is 48.0 Å². The fourth-order valence-corrected chi connectivity index (χ4v) is 3.63. The first-order chi connectivity index (χ1) is 10.8. The molecule has 2 aromatic rings. The molecule has 0 bridgehead atoms. The van der Waals surface area contributed by atoms with Gasteiger partial charge >= 0.3 is 0 Å². The van der Waals surface area contributed by atoms with Crippen LogP contribution in [0, 0.1) is 0 Å². The lowest BCUT2D eigenvalue weighted by molar-refractivity contribution is 0.0400. The van der Waals surface area contributed by atoms with E-state index >= 15 is 0 Å². The number of piperidine rings is 1. The van der Waals surface area contributed by atoms with Gasteiger partial charge in [0.2, 0.25) is 0 Å². The minimum absolute atomic E-state index is 0.124. The molecule has 0 atom stereocenters. The third-order valence-electron chi connectivity index (χ3n) is 4.95. The van der Waals surface area contributed by atoms with Gasteiger partial charge in [-0.1, -0.05) is 36.4 Å². The fraction of sp³-hybridized carbons (Fsp3) is 0.368. The molecule has 2 N–H and O–H groups in total. The summed E-state index contributed by atoms with van der Waals surface area (Å²) in [5.74, 6) is 1.02. The van der Waals surface area contributed by atoms with Gasteiger partial charge in [-0.15, -0.1) is 0 Å². The van der Waals surface area contributed by atoms with Gasteiger partial charge in [0.05, 0.1) is 0 Å². The Hall–Kier alpha value is -1.84. The largest absolute Gasteiger partial charge is 0.482 e. The monoisotopic (exact) mass is 294 g/mol. The van der Waals surface area contributed by atoms with E-state index in [0.717, 1.165) is 44.8 Å². The lowest BCUT2D eigenvalue weighted by Gasteiger charge is -2.42. The van der Waals surface area contributed by atoms with Crippen molar-refractivity contribution in [3.63, 3.8) is 0 Å². The lowest BCUT2D eigenvalue weighted by Crippen LogP contribution is -2.48. The molecule has 1 saturated heterocycles. The maximum absolute atomic E-state index is 6.45. The van der Waals surface area contributed by atoms with Crippen molar-refractivity contribution in [3.8, 4) is 5.75 Å². The van der Waals surface area contributed by atoms with E-state index in [9.17, 15) is 0 Å². The molecule has 3 nitrogen and oxygen atoms in total. The van der Waals surface area contributed by atoms with Crippen molar-refractivity contribution in [2.24, 2.45) is 5.73 Å². The second kappa shape index (κ2) is 5.41. The number of likely N-dealkylation sites (tertiary alicyclic amines) is 1. The van der Waals surface area contributed by atoms with Gasteiger partial charge in [-0.2, -0.15) is 0 Å². The Bertz CT molecular complexity index is 714. The average Bonchev–Trinajstić information content (AvgIpc) is 2.57. The Morgan fingerprint density at radius 3 is 2.73 bits per heavy atom. The summed E-state index contributed by atoms with van der Waals surface area (Å²) in [7, 11) is 0. The molecule has 1 fully saturated rings. The van der Waals surface area contributed by atoms with E-state index in [1.165, 1.54) is 16.3 Å². The molecule has 0 amide bonds. The zero-order valence-electron chi connectivity index (χ0n) is 12.8. The molecule has 0 radical (unpaired) electrons. The summed E-state index contributed by atoms with van der Waals surface area (Å²) in [6, 6.07) is 12.8. The van der Waals surface area contributed by atoms with Crippen LogP contribution < -0.4 is 10.5 Å². The molecular formula is C19H22N2O. The molecule has 4 rings (SSSR count). The van der Waals surface area contributed by atoms with Crippen LogP contribution in [0.3, 0.4) is 0 Å². The highest BCUT2D eigenvalue weighted by Crippen LogP contribution is 2.39. The normalized spacial score (nSPS) is 20.0. The third kappa shape index (κ3) is 2.31. The summed E-state index contributed by atoms with van der Waals surface area (Å²) >= 11 is 0. The zero-order chi connectivity index (χ0) is 15.0. The van der Waals surface area contributed by atoms with Crippen LogP contribution in [0.5, 0.6) is 5.75 Å². The first-order valence-corrected chi connectivity index (χ1v) is 8.12. The van der Waals surface area contributed by atoms with Gasteiger partial charge in [0.25, 0.3) is 0 Å². The minimum Gasteiger partial charge on any atom is -0.482 e. The van der Waals surface area contributed by atoms with Gasteiger partial charge in [0, 0.05) is 44.6 Å². The molecule has 2 aliphatic heterocycles. The summed E-state index contributed by atoms with van der Waals surface area (Å²) in [4.78, 5) is 2.43. The molecule has 114 valence electrons. The summed E-state index contributed by atoms with van der Waals surface area (Å²) in [5.41, 5.74) is 6.75. The average molecular weight is 294 g/mol. The van der Waals surface area contributed by atoms with E-state index in [0.29, 0.717) is 0 Å². The van der Waals surface area contributed by atoms with Crippen molar-refractivity contribution < 1.29 is 4.74 Å². The second-order valence-electron chi connectivity index (χ2n) is 6.33. The van der Waals surface area contributed by atoms with Crippen LogP contribution in [0.25, 0.3) is 16.8 Å². The van der Waals surface area contributed by atoms with E-state index < -0.39 is 0 Å². The van der Waals surface area contributed by atoms with Gasteiger partial charge in [-0.05, 0) is 22.9 Å². The fourth-order valence-electron chi connectivity index (χ4n) is 3.63. The second-order valence-corrected chi connectivity index (χ2v) is 6.33. The molecule has 0 saturated carbocycles. The number of hydrogen-bond donors (Lipinski definition) is 1. The van der Waals surface area contributed by atoms with Crippen molar-refractivity contribution >= 4 is 16.8 Å². The SMILES string of the molecule is NCCN1CCC2(C=Cc3c(ccc4ccccc34)O2)CC1. The quantitative estimate of drug-likeness (QED) is 0.925. The Kier molecular flexibility index (Phi) is 3.40. The van der Waals surface area contributed by atoms with Crippen LogP contribution in [0.4, 0.5) is 0 Å². The Morgan fingerprint density at radius 1 is 1.09 bits per heavy atom. The van der Waals surface area contributed by atoms with Crippen molar-refractivity contribution in [1.29, 1.82) is 0 Å². The Balaban J connectivity index is 1.63. The number of ether oxygens (including phenoxy) is 1. The summed E-state index contributed by atoms with van der Waals surface area (Å²) in [6.45, 7) is 3.84. The van der Waals surface area contributed by atoms with Crippen LogP contribution in [0.15, 0.2) is 42.5 Å². The predicted octanol–water partition coefficient (Wildman–Crippen LogP) is 3.04. The molecular weight excluding hydrogens is 272 g/mol. The number of nitrogens with zero attached hydrogens (tertiary/aromatic N) is 1. The van der Waals surface area contributed by atoms with Gasteiger partial charge in [-0.25, -0.2) is 0 Å². The van der Waals surface area contributed by atoms with Crippen LogP contribution in [0.1, 0.15) is 18.4 Å². The smallest absolute Gasteiger partial charge is 0.130 e. The van der Waals surface area contributed by atoms with Crippen molar-refractivity contribution in [2.75, 3.05) is 26.2 Å². The van der Waals surface area contributed by atoms with Gasteiger partial charge < -0.3 is 15.4 Å². The molecule has 2 aromatic carbocycles. The first-order valence-electron chi connectivity index (χ1n) is 8.12. The van der Waals surface area contributed by atoms with Crippen LogP contribution in [-0.2, 0) is 0 Å². The molecule has 2 aliphatic rings. The van der Waals surface area contributed by atoms with Crippen molar-refractivity contribution in [1.82, 2.24) is 4.90 Å². The van der Waals surface area contributed by atoms with E-state index in [1.54, 1.807) is 0 Å². The van der Waals surface area contributed by atoms with Crippen LogP contribution >= 0.6 is 0 Å². The van der Waals surface area contributed by atoms with E-state index in [-0.39, 0.29) is 5.60 Å².